The molecule has 0 bridgehead atoms. The summed E-state index contributed by atoms with van der Waals surface area (Å²) < 4.78 is 5.30. The minimum absolute atomic E-state index is 0.0607. The van der Waals surface area contributed by atoms with Crippen LogP contribution in [0.15, 0.2) is 30.3 Å². The Hall–Kier alpha value is -2.08. The number of hydrogen-bond acceptors (Lipinski definition) is 4. The minimum atomic E-state index is -0.995. The Morgan fingerprint density at radius 1 is 1.00 bits per heavy atom. The van der Waals surface area contributed by atoms with Crippen LogP contribution < -0.4 is 5.32 Å². The van der Waals surface area contributed by atoms with Crippen molar-refractivity contribution in [1.29, 1.82) is 0 Å². The number of amides is 2. The zero-order valence-corrected chi connectivity index (χ0v) is 18.7. The molecule has 0 aliphatic carbocycles. The number of benzene rings is 1. The molecule has 1 aromatic rings. The van der Waals surface area contributed by atoms with Crippen LogP contribution in [0, 0.1) is 0 Å². The third-order valence-corrected chi connectivity index (χ3v) is 5.01. The van der Waals surface area contributed by atoms with E-state index in [1.807, 2.05) is 31.7 Å². The Bertz CT molecular complexity index is 668. The summed E-state index contributed by atoms with van der Waals surface area (Å²) in [5.74, 6) is -0.0607. The Kier molecular flexibility index (Phi) is 8.08. The van der Waals surface area contributed by atoms with Gasteiger partial charge in [0.25, 0.3) is 0 Å². The summed E-state index contributed by atoms with van der Waals surface area (Å²) in [5, 5.41) is 2.73. The van der Waals surface area contributed by atoms with Gasteiger partial charge in [0, 0.05) is 19.6 Å². The van der Waals surface area contributed by atoms with E-state index in [2.05, 4.69) is 34.5 Å². The van der Waals surface area contributed by atoms with Crippen LogP contribution >= 0.6 is 0 Å². The molecule has 1 N–H and O–H groups in total. The highest BCUT2D eigenvalue weighted by atomic mass is 16.6. The Labute approximate surface area is 175 Å². The van der Waals surface area contributed by atoms with Gasteiger partial charge in [-0.3, -0.25) is 4.79 Å². The molecule has 162 valence electrons. The highest BCUT2D eigenvalue weighted by Gasteiger charge is 2.35. The molecule has 1 fully saturated rings. The number of hydrogen-bond donors (Lipinski definition) is 1. The fourth-order valence-corrected chi connectivity index (χ4v) is 3.56. The van der Waals surface area contributed by atoms with Crippen LogP contribution in [0.5, 0.6) is 0 Å². The summed E-state index contributed by atoms with van der Waals surface area (Å²) in [7, 11) is 0. The molecule has 0 atom stereocenters. The summed E-state index contributed by atoms with van der Waals surface area (Å²) in [4.78, 5) is 29.4. The van der Waals surface area contributed by atoms with Gasteiger partial charge in [0.15, 0.2) is 0 Å². The van der Waals surface area contributed by atoms with E-state index in [4.69, 9.17) is 4.74 Å². The maximum Gasteiger partial charge on any atom is 0.408 e. The van der Waals surface area contributed by atoms with Gasteiger partial charge in [-0.2, -0.15) is 0 Å². The van der Waals surface area contributed by atoms with Crippen molar-refractivity contribution in [3.05, 3.63) is 35.9 Å². The summed E-state index contributed by atoms with van der Waals surface area (Å²) >= 11 is 0. The van der Waals surface area contributed by atoms with Gasteiger partial charge in [-0.25, -0.2) is 4.79 Å². The van der Waals surface area contributed by atoms with Crippen molar-refractivity contribution >= 4 is 12.0 Å². The van der Waals surface area contributed by atoms with Crippen molar-refractivity contribution in [2.75, 3.05) is 32.7 Å². The lowest BCUT2D eigenvalue weighted by molar-refractivity contribution is -0.137. The molecule has 29 heavy (non-hydrogen) atoms. The predicted octanol–water partition coefficient (Wildman–Crippen LogP) is 3.46. The topological polar surface area (TPSA) is 61.9 Å². The van der Waals surface area contributed by atoms with E-state index in [1.165, 1.54) is 5.56 Å². The molecule has 6 nitrogen and oxygen atoms in total. The second-order valence-electron chi connectivity index (χ2n) is 9.33. The highest BCUT2D eigenvalue weighted by molar-refractivity contribution is 5.89. The molecule has 1 saturated heterocycles. The average molecular weight is 404 g/mol. The third-order valence-electron chi connectivity index (χ3n) is 5.01. The number of aryl methyl sites for hydroxylation is 1. The first-order valence-corrected chi connectivity index (χ1v) is 10.6. The molecule has 1 aromatic carbocycles. The van der Waals surface area contributed by atoms with Gasteiger partial charge in [-0.1, -0.05) is 30.3 Å². The monoisotopic (exact) mass is 403 g/mol. The predicted molar refractivity (Wildman–Crippen MR) is 116 cm³/mol. The van der Waals surface area contributed by atoms with E-state index >= 15 is 0 Å². The van der Waals surface area contributed by atoms with Gasteiger partial charge in [0.05, 0.1) is 0 Å². The molecule has 2 rings (SSSR count). The average Bonchev–Trinajstić information content (AvgIpc) is 2.85. The van der Waals surface area contributed by atoms with Crippen LogP contribution in [0.1, 0.15) is 53.0 Å². The van der Waals surface area contributed by atoms with Gasteiger partial charge in [0.1, 0.15) is 11.1 Å². The number of carbonyl (C=O) groups excluding carboxylic acids is 2. The lowest BCUT2D eigenvalue weighted by atomic mass is 10.0. The smallest absolute Gasteiger partial charge is 0.408 e. The number of rotatable bonds is 6. The second-order valence-corrected chi connectivity index (χ2v) is 9.33. The van der Waals surface area contributed by atoms with Gasteiger partial charge < -0.3 is 19.9 Å². The number of carbonyl (C=O) groups is 2. The third kappa shape index (κ3) is 8.05. The largest absolute Gasteiger partial charge is 0.444 e. The van der Waals surface area contributed by atoms with E-state index in [9.17, 15) is 9.59 Å². The van der Waals surface area contributed by atoms with E-state index in [-0.39, 0.29) is 5.91 Å². The van der Waals surface area contributed by atoms with Crippen LogP contribution in [-0.2, 0) is 16.0 Å². The quantitative estimate of drug-likeness (QED) is 0.790. The molecule has 0 radical (unpaired) electrons. The molecule has 0 saturated carbocycles. The molecule has 0 spiro atoms. The van der Waals surface area contributed by atoms with Crippen molar-refractivity contribution in [2.24, 2.45) is 0 Å². The van der Waals surface area contributed by atoms with Crippen LogP contribution in [0.25, 0.3) is 0 Å². The van der Waals surface area contributed by atoms with Crippen LogP contribution in [-0.4, -0.2) is 65.7 Å². The molecule has 2 amide bonds. The molecule has 1 heterocycles. The molecular weight excluding hydrogens is 366 g/mol. The first-order valence-electron chi connectivity index (χ1n) is 10.6. The van der Waals surface area contributed by atoms with Crippen LogP contribution in [0.3, 0.4) is 0 Å². The molecule has 0 unspecified atom stereocenters. The summed E-state index contributed by atoms with van der Waals surface area (Å²) in [6.07, 6.45) is 2.57. The summed E-state index contributed by atoms with van der Waals surface area (Å²) in [6.45, 7) is 13.2. The van der Waals surface area contributed by atoms with E-state index in [0.717, 1.165) is 38.9 Å². The number of ether oxygens (including phenoxy) is 1. The molecule has 0 aromatic heterocycles. The number of alkyl carbamates (subject to hydrolysis) is 1. The first kappa shape index (κ1) is 23.2. The maximum absolute atomic E-state index is 13.0. The van der Waals surface area contributed by atoms with E-state index in [0.29, 0.717) is 13.1 Å². The minimum Gasteiger partial charge on any atom is -0.444 e. The van der Waals surface area contributed by atoms with Crippen molar-refractivity contribution < 1.29 is 14.3 Å². The van der Waals surface area contributed by atoms with Crippen molar-refractivity contribution in [1.82, 2.24) is 15.1 Å². The fourth-order valence-electron chi connectivity index (χ4n) is 3.56. The van der Waals surface area contributed by atoms with Gasteiger partial charge >= 0.3 is 6.09 Å². The SMILES string of the molecule is CC(C)(C)OC(=O)NC(C)(C)C(=O)N1CCCN(CCCc2ccccc2)CC1. The lowest BCUT2D eigenvalue weighted by Crippen LogP contribution is -2.57. The standard InChI is InChI=1S/C23H37N3O3/c1-22(2,3)29-21(28)24-23(4,5)20(27)26-16-10-15-25(17-18-26)14-9-13-19-11-7-6-8-12-19/h6-8,11-12H,9-10,13-18H2,1-5H3,(H,24,28). The number of nitrogens with one attached hydrogen (secondary N) is 1. The lowest BCUT2D eigenvalue weighted by Gasteiger charge is -2.32. The van der Waals surface area contributed by atoms with Crippen LogP contribution in [0.4, 0.5) is 4.79 Å². The van der Waals surface area contributed by atoms with Crippen LogP contribution in [0.2, 0.25) is 0 Å². The summed E-state index contributed by atoms with van der Waals surface area (Å²) in [5.41, 5.74) is -0.217. The van der Waals surface area contributed by atoms with Gasteiger partial charge in [-0.15, -0.1) is 0 Å². The van der Waals surface area contributed by atoms with E-state index < -0.39 is 17.2 Å². The van der Waals surface area contributed by atoms with Crippen molar-refractivity contribution in [2.45, 2.75) is 65.0 Å². The Morgan fingerprint density at radius 3 is 2.34 bits per heavy atom. The molecular formula is C23H37N3O3. The van der Waals surface area contributed by atoms with Gasteiger partial charge in [-0.05, 0) is 72.5 Å². The second kappa shape index (κ2) is 10.1. The fraction of sp³-hybridized carbons (Fsp3) is 0.652. The maximum atomic E-state index is 13.0. The van der Waals surface area contributed by atoms with Gasteiger partial charge in [0.2, 0.25) is 5.91 Å². The Morgan fingerprint density at radius 2 is 1.69 bits per heavy atom. The van der Waals surface area contributed by atoms with E-state index in [1.54, 1.807) is 13.8 Å². The van der Waals surface area contributed by atoms with Crippen molar-refractivity contribution in [3.8, 4) is 0 Å². The molecule has 1 aliphatic heterocycles. The van der Waals surface area contributed by atoms with Crippen molar-refractivity contribution in [3.63, 3.8) is 0 Å². The molecule has 1 aliphatic rings. The highest BCUT2D eigenvalue weighted by Crippen LogP contribution is 2.14. The number of nitrogens with zero attached hydrogens (tertiary/aromatic N) is 2. The zero-order chi connectivity index (χ0) is 21.5. The normalized spacial score (nSPS) is 16.2. The molecule has 6 heteroatoms. The Balaban J connectivity index is 1.81. The first-order chi connectivity index (χ1) is 13.6. The zero-order valence-electron chi connectivity index (χ0n) is 18.7. The summed E-state index contributed by atoms with van der Waals surface area (Å²) in [6, 6.07) is 10.5.